The van der Waals surface area contributed by atoms with Gasteiger partial charge in [-0.1, -0.05) is 77.0 Å². The van der Waals surface area contributed by atoms with Crippen molar-refractivity contribution < 1.29 is 8.42 Å². The van der Waals surface area contributed by atoms with E-state index in [0.717, 1.165) is 16.9 Å². The van der Waals surface area contributed by atoms with Gasteiger partial charge >= 0.3 is 0 Å². The Kier molecular flexibility index (Phi) is 6.62. The van der Waals surface area contributed by atoms with Gasteiger partial charge in [0.2, 0.25) is 4.80 Å². The summed E-state index contributed by atoms with van der Waals surface area (Å²) in [6.45, 7) is 1.91. The van der Waals surface area contributed by atoms with Crippen molar-refractivity contribution in [1.82, 2.24) is 4.57 Å². The average Bonchev–Trinajstić information content (AvgIpc) is 3.10. The largest absolute Gasteiger partial charge is 0.285 e. The molecule has 0 amide bonds. The standard InChI is InChI=1S/C23H17Cl2N3O2S2/c1-16-12-13-17(14-20(16)24)26-15-21-22(25)28(18-8-4-2-5-9-18)23(31-21)27-32(29,30)19-10-6-3-7-11-19/h2-15H,1H3/b26-15?,27-23+. The van der Waals surface area contributed by atoms with Crippen LogP contribution in [0.3, 0.4) is 0 Å². The maximum absolute atomic E-state index is 12.9. The average molecular weight is 502 g/mol. The summed E-state index contributed by atoms with van der Waals surface area (Å²) < 4.78 is 31.5. The van der Waals surface area contributed by atoms with E-state index in [1.165, 1.54) is 12.1 Å². The normalized spacial score (nSPS) is 12.5. The Morgan fingerprint density at radius 1 is 0.938 bits per heavy atom. The van der Waals surface area contributed by atoms with Crippen LogP contribution in [0.1, 0.15) is 10.4 Å². The highest BCUT2D eigenvalue weighted by atomic mass is 35.5. The van der Waals surface area contributed by atoms with Crippen LogP contribution in [0.4, 0.5) is 5.69 Å². The van der Waals surface area contributed by atoms with Crippen LogP contribution in [0.5, 0.6) is 0 Å². The summed E-state index contributed by atoms with van der Waals surface area (Å²) in [7, 11) is -3.93. The molecule has 0 saturated carbocycles. The number of hydrogen-bond donors (Lipinski definition) is 0. The Labute approximate surface area is 200 Å². The number of halogens is 2. The van der Waals surface area contributed by atoms with Crippen molar-refractivity contribution in [3.63, 3.8) is 0 Å². The molecule has 9 heteroatoms. The Balaban J connectivity index is 1.86. The third-order valence-electron chi connectivity index (χ3n) is 4.53. The fraction of sp³-hybridized carbons (Fsp3) is 0.0435. The molecular formula is C23H17Cl2N3O2S2. The zero-order chi connectivity index (χ0) is 22.7. The molecule has 0 aliphatic heterocycles. The van der Waals surface area contributed by atoms with Gasteiger partial charge in [0.15, 0.2) is 0 Å². The Morgan fingerprint density at radius 3 is 2.25 bits per heavy atom. The number of rotatable bonds is 5. The second kappa shape index (κ2) is 9.42. The highest BCUT2D eigenvalue weighted by Crippen LogP contribution is 2.25. The first-order chi connectivity index (χ1) is 15.3. The lowest BCUT2D eigenvalue weighted by molar-refractivity contribution is 0.596. The number of aryl methyl sites for hydroxylation is 1. The molecule has 0 aliphatic rings. The lowest BCUT2D eigenvalue weighted by Crippen LogP contribution is -2.15. The third kappa shape index (κ3) is 4.86. The topological polar surface area (TPSA) is 63.8 Å². The molecule has 1 aromatic heterocycles. The Bertz CT molecular complexity index is 1460. The summed E-state index contributed by atoms with van der Waals surface area (Å²) in [5.41, 5.74) is 2.30. The lowest BCUT2D eigenvalue weighted by atomic mass is 10.2. The molecule has 3 aromatic carbocycles. The Morgan fingerprint density at radius 2 is 1.59 bits per heavy atom. The van der Waals surface area contributed by atoms with Crippen molar-refractivity contribution in [2.75, 3.05) is 0 Å². The summed E-state index contributed by atoms with van der Waals surface area (Å²) >= 11 is 14.0. The number of sulfonamides is 1. The van der Waals surface area contributed by atoms with Crippen LogP contribution in [0.2, 0.25) is 10.2 Å². The van der Waals surface area contributed by atoms with Gasteiger partial charge in [0, 0.05) is 16.9 Å². The van der Waals surface area contributed by atoms with Crippen molar-refractivity contribution in [1.29, 1.82) is 0 Å². The van der Waals surface area contributed by atoms with Crippen LogP contribution in [0.25, 0.3) is 5.69 Å². The third-order valence-corrected chi connectivity index (χ3v) is 7.80. The summed E-state index contributed by atoms with van der Waals surface area (Å²) in [5, 5.41) is 0.922. The molecule has 0 atom stereocenters. The summed E-state index contributed by atoms with van der Waals surface area (Å²) in [5.74, 6) is 0. The van der Waals surface area contributed by atoms with Crippen LogP contribution in [-0.2, 0) is 10.0 Å². The molecule has 0 aliphatic carbocycles. The van der Waals surface area contributed by atoms with Crippen molar-refractivity contribution >= 4 is 56.5 Å². The van der Waals surface area contributed by atoms with E-state index in [2.05, 4.69) is 9.39 Å². The van der Waals surface area contributed by atoms with Crippen LogP contribution < -0.4 is 4.80 Å². The smallest absolute Gasteiger partial charge is 0.274 e. The molecule has 1 heterocycles. The van der Waals surface area contributed by atoms with Crippen molar-refractivity contribution in [3.8, 4) is 5.69 Å². The highest BCUT2D eigenvalue weighted by molar-refractivity contribution is 7.90. The van der Waals surface area contributed by atoms with E-state index in [1.54, 1.807) is 35.0 Å². The quantitative estimate of drug-likeness (QED) is 0.305. The van der Waals surface area contributed by atoms with E-state index in [0.29, 0.717) is 26.4 Å². The number of para-hydroxylation sites is 1. The molecule has 0 unspecified atom stereocenters. The van der Waals surface area contributed by atoms with Crippen molar-refractivity contribution in [3.05, 3.63) is 104 Å². The molecule has 4 rings (SSSR count). The van der Waals surface area contributed by atoms with E-state index < -0.39 is 10.0 Å². The number of nitrogens with zero attached hydrogens (tertiary/aromatic N) is 3. The number of hydrogen-bond acceptors (Lipinski definition) is 4. The molecule has 0 bridgehead atoms. The van der Waals surface area contributed by atoms with Crippen LogP contribution >= 0.6 is 34.5 Å². The van der Waals surface area contributed by atoms with E-state index in [-0.39, 0.29) is 9.70 Å². The van der Waals surface area contributed by atoms with Gasteiger partial charge in [-0.15, -0.1) is 4.40 Å². The zero-order valence-corrected chi connectivity index (χ0v) is 20.0. The summed E-state index contributed by atoms with van der Waals surface area (Å²) in [6.07, 6.45) is 1.58. The molecular weight excluding hydrogens is 485 g/mol. The van der Waals surface area contributed by atoms with E-state index in [9.17, 15) is 8.42 Å². The fourth-order valence-electron chi connectivity index (χ4n) is 2.86. The van der Waals surface area contributed by atoms with Crippen molar-refractivity contribution in [2.45, 2.75) is 11.8 Å². The van der Waals surface area contributed by atoms with Gasteiger partial charge in [0.05, 0.1) is 15.5 Å². The van der Waals surface area contributed by atoms with E-state index in [1.807, 2.05) is 49.4 Å². The molecule has 162 valence electrons. The highest BCUT2D eigenvalue weighted by Gasteiger charge is 2.17. The summed E-state index contributed by atoms with van der Waals surface area (Å²) in [4.78, 5) is 5.34. The van der Waals surface area contributed by atoms with E-state index in [4.69, 9.17) is 23.2 Å². The predicted molar refractivity (Wildman–Crippen MR) is 131 cm³/mol. The number of thiazole rings is 1. The van der Waals surface area contributed by atoms with Gasteiger partial charge in [-0.2, -0.15) is 8.42 Å². The van der Waals surface area contributed by atoms with Gasteiger partial charge in [-0.05, 0) is 48.9 Å². The van der Waals surface area contributed by atoms with Gasteiger partial charge < -0.3 is 0 Å². The lowest BCUT2D eigenvalue weighted by Gasteiger charge is -2.05. The van der Waals surface area contributed by atoms with Crippen LogP contribution in [0, 0.1) is 6.92 Å². The van der Waals surface area contributed by atoms with Gasteiger partial charge in [0.1, 0.15) is 5.15 Å². The maximum atomic E-state index is 12.9. The molecule has 0 fully saturated rings. The zero-order valence-electron chi connectivity index (χ0n) is 16.8. The first kappa shape index (κ1) is 22.5. The predicted octanol–water partition coefficient (Wildman–Crippen LogP) is 6.19. The molecule has 0 saturated heterocycles. The first-order valence-electron chi connectivity index (χ1n) is 9.48. The van der Waals surface area contributed by atoms with Gasteiger partial charge in [-0.3, -0.25) is 9.56 Å². The minimum atomic E-state index is -3.93. The second-order valence-corrected chi connectivity index (χ2v) is 10.2. The molecule has 0 radical (unpaired) electrons. The monoisotopic (exact) mass is 501 g/mol. The molecule has 32 heavy (non-hydrogen) atoms. The summed E-state index contributed by atoms with van der Waals surface area (Å²) in [6, 6.07) is 22.7. The Hall–Kier alpha value is -2.71. The number of aliphatic imine (C=N–C) groups is 1. The maximum Gasteiger partial charge on any atom is 0.285 e. The van der Waals surface area contributed by atoms with E-state index >= 15 is 0 Å². The van der Waals surface area contributed by atoms with Gasteiger partial charge in [-0.25, -0.2) is 0 Å². The second-order valence-electron chi connectivity index (χ2n) is 6.78. The first-order valence-corrected chi connectivity index (χ1v) is 12.5. The van der Waals surface area contributed by atoms with Crippen LogP contribution in [0.15, 0.2) is 93.1 Å². The SMILES string of the molecule is Cc1ccc(N=Cc2s/c(=N/S(=O)(=O)c3ccccc3)n(-c3ccccc3)c2Cl)cc1Cl. The molecule has 4 aromatic rings. The van der Waals surface area contributed by atoms with Crippen LogP contribution in [-0.4, -0.2) is 19.2 Å². The fourth-order valence-corrected chi connectivity index (χ4v) is 5.53. The molecule has 0 N–H and O–H groups in total. The van der Waals surface area contributed by atoms with Crippen molar-refractivity contribution in [2.24, 2.45) is 9.39 Å². The molecule has 5 nitrogen and oxygen atoms in total. The van der Waals surface area contributed by atoms with Gasteiger partial charge in [0.25, 0.3) is 10.0 Å². The number of aromatic nitrogens is 1. The minimum absolute atomic E-state index is 0.105. The number of benzene rings is 3. The molecule has 0 spiro atoms. The minimum Gasteiger partial charge on any atom is -0.274 e.